The highest BCUT2D eigenvalue weighted by molar-refractivity contribution is 7.88. The Morgan fingerprint density at radius 3 is 2.61 bits per heavy atom. The van der Waals surface area contributed by atoms with Crippen LogP contribution in [0.25, 0.3) is 0 Å². The van der Waals surface area contributed by atoms with Crippen molar-refractivity contribution in [2.75, 3.05) is 19.3 Å². The summed E-state index contributed by atoms with van der Waals surface area (Å²) in [6, 6.07) is -0.209. The summed E-state index contributed by atoms with van der Waals surface area (Å²) in [5.74, 6) is -0.103. The molecule has 1 saturated heterocycles. The lowest BCUT2D eigenvalue weighted by atomic mass is 9.98. The van der Waals surface area contributed by atoms with E-state index in [2.05, 4.69) is 9.82 Å². The van der Waals surface area contributed by atoms with Gasteiger partial charge >= 0.3 is 0 Å². The molecule has 0 spiro atoms. The third-order valence-electron chi connectivity index (χ3n) is 4.24. The SMILES string of the molecule is C[C@@H]1Cc2c(nn(C)c2C(=O)N2CC(NS(C)(=O)=O)C2)[C@H](C)O1. The predicted molar refractivity (Wildman–Crippen MR) is 83.5 cm³/mol. The number of nitrogens with one attached hydrogen (secondary N) is 1. The summed E-state index contributed by atoms with van der Waals surface area (Å²) in [5, 5.41) is 4.44. The fourth-order valence-corrected chi connectivity index (χ4v) is 4.06. The van der Waals surface area contributed by atoms with Gasteiger partial charge in [-0.15, -0.1) is 0 Å². The van der Waals surface area contributed by atoms with Gasteiger partial charge in [0.05, 0.1) is 30.2 Å². The van der Waals surface area contributed by atoms with Gasteiger partial charge in [0.2, 0.25) is 10.0 Å². The number of likely N-dealkylation sites (tertiary alicyclic amines) is 1. The predicted octanol–water partition coefficient (Wildman–Crippen LogP) is -0.184. The molecule has 1 aromatic rings. The molecule has 0 radical (unpaired) electrons. The summed E-state index contributed by atoms with van der Waals surface area (Å²) in [6.45, 7) is 4.68. The molecular formula is C14H22N4O4S. The van der Waals surface area contributed by atoms with Crippen LogP contribution < -0.4 is 4.72 Å². The normalized spacial score (nSPS) is 25.1. The van der Waals surface area contributed by atoms with Gasteiger partial charge in [-0.2, -0.15) is 5.10 Å². The number of carbonyl (C=O) groups is 1. The van der Waals surface area contributed by atoms with E-state index in [0.717, 1.165) is 17.5 Å². The number of fused-ring (bicyclic) bond motifs is 1. The van der Waals surface area contributed by atoms with E-state index in [0.29, 0.717) is 25.2 Å². The molecule has 2 atom stereocenters. The quantitative estimate of drug-likeness (QED) is 0.822. The molecule has 1 fully saturated rings. The largest absolute Gasteiger partial charge is 0.369 e. The smallest absolute Gasteiger partial charge is 0.272 e. The van der Waals surface area contributed by atoms with E-state index in [1.54, 1.807) is 16.6 Å². The molecule has 0 bridgehead atoms. The standard InChI is InChI=1S/C14H22N4O4S/c1-8-5-11-12(9(2)22-8)15-17(3)13(11)14(19)18-6-10(7-18)16-23(4,20)21/h8-10,16H,5-7H2,1-4H3/t8-,9+/m1/s1. The number of hydrogen-bond acceptors (Lipinski definition) is 5. The number of amides is 1. The van der Waals surface area contributed by atoms with E-state index in [1.807, 2.05) is 13.8 Å². The molecule has 3 heterocycles. The lowest BCUT2D eigenvalue weighted by molar-refractivity contribution is -0.00718. The number of aryl methyl sites for hydroxylation is 1. The second-order valence-electron chi connectivity index (χ2n) is 6.43. The number of hydrogen-bond donors (Lipinski definition) is 1. The van der Waals surface area contributed by atoms with Crippen LogP contribution in [0.15, 0.2) is 0 Å². The molecule has 23 heavy (non-hydrogen) atoms. The van der Waals surface area contributed by atoms with Crippen LogP contribution in [0.1, 0.15) is 41.7 Å². The molecule has 0 aromatic carbocycles. The van der Waals surface area contributed by atoms with Crippen LogP contribution in [0, 0.1) is 0 Å². The van der Waals surface area contributed by atoms with Crippen molar-refractivity contribution in [2.45, 2.75) is 38.5 Å². The Bertz CT molecular complexity index is 736. The summed E-state index contributed by atoms with van der Waals surface area (Å²) in [7, 11) is -1.49. The summed E-state index contributed by atoms with van der Waals surface area (Å²) in [6.07, 6.45) is 1.70. The summed E-state index contributed by atoms with van der Waals surface area (Å²) >= 11 is 0. The van der Waals surface area contributed by atoms with Crippen LogP contribution in [-0.2, 0) is 28.2 Å². The van der Waals surface area contributed by atoms with Gasteiger partial charge in [-0.25, -0.2) is 13.1 Å². The van der Waals surface area contributed by atoms with Gasteiger partial charge in [-0.05, 0) is 13.8 Å². The average Bonchev–Trinajstić information content (AvgIpc) is 2.68. The third-order valence-corrected chi connectivity index (χ3v) is 5.00. The zero-order valence-corrected chi connectivity index (χ0v) is 14.6. The minimum atomic E-state index is -3.25. The van der Waals surface area contributed by atoms with Crippen molar-refractivity contribution < 1.29 is 17.9 Å². The number of aromatic nitrogens is 2. The van der Waals surface area contributed by atoms with Crippen LogP contribution >= 0.6 is 0 Å². The van der Waals surface area contributed by atoms with Gasteiger partial charge in [0.25, 0.3) is 5.91 Å². The Labute approximate surface area is 135 Å². The molecule has 2 aliphatic heterocycles. The minimum Gasteiger partial charge on any atom is -0.369 e. The van der Waals surface area contributed by atoms with Gasteiger partial charge in [0.1, 0.15) is 5.69 Å². The van der Waals surface area contributed by atoms with Crippen molar-refractivity contribution in [3.8, 4) is 0 Å². The molecular weight excluding hydrogens is 320 g/mol. The van der Waals surface area contributed by atoms with Crippen LogP contribution in [0.4, 0.5) is 0 Å². The lowest BCUT2D eigenvalue weighted by Gasteiger charge is -2.39. The maximum atomic E-state index is 12.8. The molecule has 3 rings (SSSR count). The maximum Gasteiger partial charge on any atom is 0.272 e. The molecule has 1 N–H and O–H groups in total. The third kappa shape index (κ3) is 3.13. The van der Waals surface area contributed by atoms with Crippen LogP contribution in [-0.4, -0.2) is 60.5 Å². The Morgan fingerprint density at radius 1 is 1.35 bits per heavy atom. The zero-order chi connectivity index (χ0) is 16.9. The molecule has 9 heteroatoms. The van der Waals surface area contributed by atoms with Crippen LogP contribution in [0.2, 0.25) is 0 Å². The number of rotatable bonds is 3. The summed E-state index contributed by atoms with van der Waals surface area (Å²) < 4.78 is 32.3. The zero-order valence-electron chi connectivity index (χ0n) is 13.7. The lowest BCUT2D eigenvalue weighted by Crippen LogP contribution is -2.61. The van der Waals surface area contributed by atoms with Gasteiger partial charge in [-0.1, -0.05) is 0 Å². The van der Waals surface area contributed by atoms with E-state index in [4.69, 9.17) is 4.74 Å². The molecule has 0 aliphatic carbocycles. The first kappa shape index (κ1) is 16.4. The second-order valence-corrected chi connectivity index (χ2v) is 8.21. The fraction of sp³-hybridized carbons (Fsp3) is 0.714. The van der Waals surface area contributed by atoms with Gasteiger partial charge in [-0.3, -0.25) is 9.48 Å². The van der Waals surface area contributed by atoms with Crippen molar-refractivity contribution >= 4 is 15.9 Å². The Hall–Kier alpha value is -1.45. The molecule has 8 nitrogen and oxygen atoms in total. The Balaban J connectivity index is 1.77. The number of ether oxygens (including phenoxy) is 1. The van der Waals surface area contributed by atoms with Crippen LogP contribution in [0.3, 0.4) is 0 Å². The molecule has 2 aliphatic rings. The highest BCUT2D eigenvalue weighted by atomic mass is 32.2. The topological polar surface area (TPSA) is 93.5 Å². The molecule has 1 amide bonds. The van der Waals surface area contributed by atoms with Gasteiger partial charge in [0.15, 0.2) is 0 Å². The van der Waals surface area contributed by atoms with E-state index in [9.17, 15) is 13.2 Å². The van der Waals surface area contributed by atoms with E-state index in [1.165, 1.54) is 0 Å². The maximum absolute atomic E-state index is 12.8. The average molecular weight is 342 g/mol. The van der Waals surface area contributed by atoms with Gasteiger partial charge < -0.3 is 9.64 Å². The fourth-order valence-electron chi connectivity index (χ4n) is 3.30. The molecule has 0 unspecified atom stereocenters. The van der Waals surface area contributed by atoms with Crippen molar-refractivity contribution in [1.82, 2.24) is 19.4 Å². The molecule has 1 aromatic heterocycles. The highest BCUT2D eigenvalue weighted by Crippen LogP contribution is 2.32. The van der Waals surface area contributed by atoms with E-state index >= 15 is 0 Å². The summed E-state index contributed by atoms with van der Waals surface area (Å²) in [5.41, 5.74) is 2.35. The van der Waals surface area contributed by atoms with Crippen molar-refractivity contribution in [2.24, 2.45) is 7.05 Å². The highest BCUT2D eigenvalue weighted by Gasteiger charge is 2.38. The first-order valence-corrected chi connectivity index (χ1v) is 9.52. The summed E-state index contributed by atoms with van der Waals surface area (Å²) in [4.78, 5) is 14.4. The monoisotopic (exact) mass is 342 g/mol. The minimum absolute atomic E-state index is 0.0456. The first-order valence-electron chi connectivity index (χ1n) is 7.63. The Morgan fingerprint density at radius 2 is 2.00 bits per heavy atom. The van der Waals surface area contributed by atoms with Crippen molar-refractivity contribution in [3.63, 3.8) is 0 Å². The first-order chi connectivity index (χ1) is 10.7. The van der Waals surface area contributed by atoms with E-state index < -0.39 is 10.0 Å². The van der Waals surface area contributed by atoms with Crippen molar-refractivity contribution in [1.29, 1.82) is 0 Å². The second kappa shape index (κ2) is 5.57. The van der Waals surface area contributed by atoms with Gasteiger partial charge in [0, 0.05) is 32.1 Å². The number of nitrogens with zero attached hydrogens (tertiary/aromatic N) is 3. The van der Waals surface area contributed by atoms with Crippen molar-refractivity contribution in [3.05, 3.63) is 17.0 Å². The molecule has 128 valence electrons. The Kier molecular flexibility index (Phi) is 3.97. The number of sulfonamides is 1. The number of carbonyl (C=O) groups excluding carboxylic acids is 1. The molecule has 0 saturated carbocycles. The van der Waals surface area contributed by atoms with Crippen LogP contribution in [0.5, 0.6) is 0 Å². The van der Waals surface area contributed by atoms with E-state index in [-0.39, 0.29) is 24.2 Å².